The van der Waals surface area contributed by atoms with E-state index in [2.05, 4.69) is 15.4 Å². The molecule has 0 radical (unpaired) electrons. The summed E-state index contributed by atoms with van der Waals surface area (Å²) in [6.45, 7) is 3.72. The minimum absolute atomic E-state index is 0.0110. The Morgan fingerprint density at radius 2 is 1.81 bits per heavy atom. The van der Waals surface area contributed by atoms with E-state index in [0.29, 0.717) is 29.9 Å². The van der Waals surface area contributed by atoms with E-state index in [1.54, 1.807) is 44.2 Å². The molecule has 0 aromatic heterocycles. The zero-order valence-electron chi connectivity index (χ0n) is 14.7. The number of carbonyl (C=O) groups excluding carboxylic acids is 1. The van der Waals surface area contributed by atoms with Crippen LogP contribution in [0, 0.1) is 12.7 Å². The number of rotatable bonds is 7. The Balaban J connectivity index is 1.86. The fourth-order valence-electron chi connectivity index (χ4n) is 2.24. The van der Waals surface area contributed by atoms with Gasteiger partial charge in [-0.2, -0.15) is 0 Å². The van der Waals surface area contributed by atoms with Crippen LogP contribution in [0.3, 0.4) is 0 Å². The molecule has 26 heavy (non-hydrogen) atoms. The SMILES string of the molecule is CCS(=O)(=O)Nc1ccc(NC(=O)NCCc2ccc(F)cc2)cc1C. The van der Waals surface area contributed by atoms with Crippen molar-refractivity contribution in [1.29, 1.82) is 0 Å². The summed E-state index contributed by atoms with van der Waals surface area (Å²) in [5, 5.41) is 5.42. The fourth-order valence-corrected chi connectivity index (χ4v) is 2.95. The Morgan fingerprint density at radius 1 is 1.12 bits per heavy atom. The molecule has 0 unspecified atom stereocenters. The van der Waals surface area contributed by atoms with Crippen molar-refractivity contribution in [2.45, 2.75) is 20.3 Å². The van der Waals surface area contributed by atoms with Crippen LogP contribution in [0.5, 0.6) is 0 Å². The largest absolute Gasteiger partial charge is 0.338 e. The van der Waals surface area contributed by atoms with E-state index < -0.39 is 10.0 Å². The van der Waals surface area contributed by atoms with Gasteiger partial charge in [0.1, 0.15) is 5.82 Å². The van der Waals surface area contributed by atoms with Gasteiger partial charge < -0.3 is 10.6 Å². The monoisotopic (exact) mass is 379 g/mol. The second kappa shape index (κ2) is 8.66. The van der Waals surface area contributed by atoms with E-state index >= 15 is 0 Å². The normalized spacial score (nSPS) is 11.0. The van der Waals surface area contributed by atoms with Crippen LogP contribution in [0.15, 0.2) is 42.5 Å². The zero-order chi connectivity index (χ0) is 19.2. The molecule has 3 N–H and O–H groups in total. The molecular weight excluding hydrogens is 357 g/mol. The first-order valence-corrected chi connectivity index (χ1v) is 9.85. The number of anilines is 2. The first kappa shape index (κ1) is 19.7. The molecule has 0 aliphatic heterocycles. The Labute approximate surface area is 152 Å². The molecule has 0 aliphatic rings. The number of sulfonamides is 1. The summed E-state index contributed by atoms with van der Waals surface area (Å²) in [7, 11) is -3.35. The second-order valence-electron chi connectivity index (χ2n) is 5.79. The Kier molecular flexibility index (Phi) is 6.57. The van der Waals surface area contributed by atoms with E-state index in [9.17, 15) is 17.6 Å². The van der Waals surface area contributed by atoms with Crippen LogP contribution in [0.2, 0.25) is 0 Å². The molecule has 2 aromatic rings. The Bertz CT molecular complexity index is 868. The van der Waals surface area contributed by atoms with Crippen molar-refractivity contribution in [1.82, 2.24) is 5.32 Å². The predicted molar refractivity (Wildman–Crippen MR) is 101 cm³/mol. The highest BCUT2D eigenvalue weighted by Gasteiger charge is 2.10. The lowest BCUT2D eigenvalue weighted by Crippen LogP contribution is -2.30. The third-order valence-corrected chi connectivity index (χ3v) is 5.03. The van der Waals surface area contributed by atoms with Gasteiger partial charge in [-0.25, -0.2) is 17.6 Å². The van der Waals surface area contributed by atoms with Crippen molar-refractivity contribution in [3.05, 3.63) is 59.4 Å². The summed E-state index contributed by atoms with van der Waals surface area (Å²) >= 11 is 0. The number of hydrogen-bond acceptors (Lipinski definition) is 3. The first-order valence-electron chi connectivity index (χ1n) is 8.19. The molecule has 0 heterocycles. The van der Waals surface area contributed by atoms with E-state index in [1.165, 1.54) is 12.1 Å². The second-order valence-corrected chi connectivity index (χ2v) is 7.80. The van der Waals surface area contributed by atoms with Gasteiger partial charge >= 0.3 is 6.03 Å². The molecule has 0 spiro atoms. The molecule has 2 rings (SSSR count). The molecule has 0 aliphatic carbocycles. The summed E-state index contributed by atoms with van der Waals surface area (Å²) < 4.78 is 38.6. The number of nitrogens with one attached hydrogen (secondary N) is 3. The van der Waals surface area contributed by atoms with E-state index in [0.717, 1.165) is 5.56 Å². The van der Waals surface area contributed by atoms with Crippen LogP contribution in [0.25, 0.3) is 0 Å². The van der Waals surface area contributed by atoms with Gasteiger partial charge in [-0.3, -0.25) is 4.72 Å². The molecule has 2 amide bonds. The van der Waals surface area contributed by atoms with Gasteiger partial charge in [0.25, 0.3) is 0 Å². The van der Waals surface area contributed by atoms with Crippen molar-refractivity contribution in [2.24, 2.45) is 0 Å². The topological polar surface area (TPSA) is 87.3 Å². The van der Waals surface area contributed by atoms with Crippen molar-refractivity contribution in [3.63, 3.8) is 0 Å². The number of hydrogen-bond donors (Lipinski definition) is 3. The quantitative estimate of drug-likeness (QED) is 0.690. The van der Waals surface area contributed by atoms with Crippen molar-refractivity contribution in [3.8, 4) is 0 Å². The van der Waals surface area contributed by atoms with E-state index in [1.807, 2.05) is 0 Å². The van der Waals surface area contributed by atoms with Crippen LogP contribution in [0.4, 0.5) is 20.6 Å². The minimum Gasteiger partial charge on any atom is -0.338 e. The first-order chi connectivity index (χ1) is 12.3. The Hall–Kier alpha value is -2.61. The zero-order valence-corrected chi connectivity index (χ0v) is 15.5. The van der Waals surface area contributed by atoms with Crippen LogP contribution in [-0.2, 0) is 16.4 Å². The Morgan fingerprint density at radius 3 is 2.42 bits per heavy atom. The minimum atomic E-state index is -3.35. The summed E-state index contributed by atoms with van der Waals surface area (Å²) in [6, 6.07) is 10.7. The van der Waals surface area contributed by atoms with Crippen molar-refractivity contribution < 1.29 is 17.6 Å². The van der Waals surface area contributed by atoms with Crippen molar-refractivity contribution in [2.75, 3.05) is 22.3 Å². The fraction of sp³-hybridized carbons (Fsp3) is 0.278. The summed E-state index contributed by atoms with van der Waals surface area (Å²) in [6.07, 6.45) is 0.588. The lowest BCUT2D eigenvalue weighted by molar-refractivity contribution is 0.252. The molecule has 0 saturated heterocycles. The van der Waals surface area contributed by atoms with Crippen LogP contribution >= 0.6 is 0 Å². The molecule has 6 nitrogen and oxygen atoms in total. The summed E-state index contributed by atoms with van der Waals surface area (Å²) in [5.74, 6) is -0.303. The summed E-state index contributed by atoms with van der Waals surface area (Å²) in [5.41, 5.74) is 2.66. The van der Waals surface area contributed by atoms with Gasteiger partial charge in [0.2, 0.25) is 10.0 Å². The number of benzene rings is 2. The smallest absolute Gasteiger partial charge is 0.319 e. The van der Waals surface area contributed by atoms with Gasteiger partial charge in [-0.05, 0) is 61.7 Å². The molecule has 0 bridgehead atoms. The van der Waals surface area contributed by atoms with Gasteiger partial charge in [0.05, 0.1) is 11.4 Å². The summed E-state index contributed by atoms with van der Waals surface area (Å²) in [4.78, 5) is 11.9. The van der Waals surface area contributed by atoms with E-state index in [-0.39, 0.29) is 17.6 Å². The number of aryl methyl sites for hydroxylation is 1. The van der Waals surface area contributed by atoms with Crippen LogP contribution < -0.4 is 15.4 Å². The van der Waals surface area contributed by atoms with E-state index in [4.69, 9.17) is 0 Å². The number of urea groups is 1. The number of amides is 2. The molecule has 140 valence electrons. The van der Waals surface area contributed by atoms with Crippen LogP contribution in [-0.4, -0.2) is 26.7 Å². The average molecular weight is 379 g/mol. The molecular formula is C18H22FN3O3S. The standard InChI is InChI=1S/C18H22FN3O3S/c1-3-26(24,25)22-17-9-8-16(12-13(17)2)21-18(23)20-11-10-14-4-6-15(19)7-5-14/h4-9,12,22H,3,10-11H2,1-2H3,(H2,20,21,23). The maximum Gasteiger partial charge on any atom is 0.319 e. The van der Waals surface area contributed by atoms with Crippen LogP contribution in [0.1, 0.15) is 18.1 Å². The lowest BCUT2D eigenvalue weighted by Gasteiger charge is -2.12. The maximum atomic E-state index is 12.8. The van der Waals surface area contributed by atoms with Crippen molar-refractivity contribution >= 4 is 27.4 Å². The molecule has 2 aromatic carbocycles. The molecule has 0 saturated carbocycles. The number of halogens is 1. The highest BCUT2D eigenvalue weighted by atomic mass is 32.2. The molecule has 8 heteroatoms. The maximum absolute atomic E-state index is 12.8. The van der Waals surface area contributed by atoms with Gasteiger partial charge in [-0.15, -0.1) is 0 Å². The number of carbonyl (C=O) groups is 1. The molecule has 0 atom stereocenters. The third kappa shape index (κ3) is 6.03. The van der Waals surface area contributed by atoms with Gasteiger partial charge in [0.15, 0.2) is 0 Å². The average Bonchev–Trinajstić information content (AvgIpc) is 2.59. The van der Waals surface area contributed by atoms with Gasteiger partial charge in [-0.1, -0.05) is 12.1 Å². The highest BCUT2D eigenvalue weighted by Crippen LogP contribution is 2.20. The predicted octanol–water partition coefficient (Wildman–Crippen LogP) is 3.26. The van der Waals surface area contributed by atoms with Gasteiger partial charge in [0, 0.05) is 12.2 Å². The molecule has 0 fully saturated rings. The third-order valence-electron chi connectivity index (χ3n) is 3.74. The lowest BCUT2D eigenvalue weighted by atomic mass is 10.1. The highest BCUT2D eigenvalue weighted by molar-refractivity contribution is 7.92.